The smallest absolute Gasteiger partial charge is 0.420 e. The Balaban J connectivity index is 0.00000210. The summed E-state index contributed by atoms with van der Waals surface area (Å²) in [7, 11) is 0. The van der Waals surface area contributed by atoms with Gasteiger partial charge in [-0.25, -0.2) is 14.5 Å². The standard InChI is InChI=1S/C18H27NO5.C2H4O/c1-17(2,3)23-15(21)19(16(22)24-18(4,5)6)14(12-20)13-10-8-7-9-11-13;1-2-3/h7-11,14,20H,12H2,1-6H3;2H,1H3/t14-;/m1./s1. The van der Waals surface area contributed by atoms with E-state index >= 15 is 0 Å². The average Bonchev–Trinajstić information content (AvgIpc) is 2.50. The molecule has 0 fully saturated rings. The molecule has 0 bridgehead atoms. The molecule has 1 rings (SSSR count). The Labute approximate surface area is 161 Å². The second-order valence-electron chi connectivity index (χ2n) is 7.68. The number of nitrogens with zero attached hydrogens (tertiary/aromatic N) is 1. The van der Waals surface area contributed by atoms with Gasteiger partial charge in [-0.1, -0.05) is 30.3 Å². The lowest BCUT2D eigenvalue weighted by Gasteiger charge is -2.32. The number of benzene rings is 1. The number of rotatable bonds is 3. The number of ether oxygens (including phenoxy) is 2. The molecule has 0 saturated carbocycles. The van der Waals surface area contributed by atoms with E-state index in [1.54, 1.807) is 65.8 Å². The van der Waals surface area contributed by atoms with E-state index < -0.39 is 36.0 Å². The summed E-state index contributed by atoms with van der Waals surface area (Å²) in [5.74, 6) is 0. The van der Waals surface area contributed by atoms with Crippen LogP contribution in [0.2, 0.25) is 0 Å². The summed E-state index contributed by atoms with van der Waals surface area (Å²) in [6.45, 7) is 11.2. The molecule has 0 unspecified atom stereocenters. The number of aliphatic hydroxyl groups is 1. The Morgan fingerprint density at radius 3 is 1.67 bits per heavy atom. The van der Waals surface area contributed by atoms with Crippen LogP contribution in [0.25, 0.3) is 0 Å². The van der Waals surface area contributed by atoms with Crippen LogP contribution in [0.5, 0.6) is 0 Å². The van der Waals surface area contributed by atoms with Crippen LogP contribution in [-0.4, -0.2) is 46.3 Å². The third-order valence-electron chi connectivity index (χ3n) is 2.85. The van der Waals surface area contributed by atoms with Gasteiger partial charge in [0.05, 0.1) is 12.6 Å². The van der Waals surface area contributed by atoms with Crippen molar-refractivity contribution in [1.82, 2.24) is 4.90 Å². The van der Waals surface area contributed by atoms with Crippen molar-refractivity contribution in [3.63, 3.8) is 0 Å². The largest absolute Gasteiger partial charge is 0.443 e. The summed E-state index contributed by atoms with van der Waals surface area (Å²) in [5.41, 5.74) is -0.959. The lowest BCUT2D eigenvalue weighted by Crippen LogP contribution is -2.46. The van der Waals surface area contributed by atoms with E-state index in [1.165, 1.54) is 6.92 Å². The first-order valence-corrected chi connectivity index (χ1v) is 8.67. The van der Waals surface area contributed by atoms with Crippen LogP contribution >= 0.6 is 0 Å². The number of carbonyl (C=O) groups is 3. The van der Waals surface area contributed by atoms with Crippen LogP contribution in [0.4, 0.5) is 9.59 Å². The molecule has 0 aliphatic rings. The van der Waals surface area contributed by atoms with Gasteiger partial charge in [0, 0.05) is 0 Å². The van der Waals surface area contributed by atoms with E-state index in [9.17, 15) is 14.7 Å². The molecule has 0 heterocycles. The molecular weight excluding hydrogens is 350 g/mol. The van der Waals surface area contributed by atoms with E-state index in [2.05, 4.69) is 0 Å². The molecule has 1 aromatic carbocycles. The minimum atomic E-state index is -0.893. The third-order valence-corrected chi connectivity index (χ3v) is 2.85. The van der Waals surface area contributed by atoms with Crippen molar-refractivity contribution in [1.29, 1.82) is 0 Å². The molecule has 2 amide bonds. The van der Waals surface area contributed by atoms with Crippen molar-refractivity contribution in [3.8, 4) is 0 Å². The molecule has 7 nitrogen and oxygen atoms in total. The van der Waals surface area contributed by atoms with E-state index in [0.29, 0.717) is 5.56 Å². The number of imide groups is 1. The maximum atomic E-state index is 12.6. The fraction of sp³-hybridized carbons (Fsp3) is 0.550. The Hall–Kier alpha value is -2.41. The quantitative estimate of drug-likeness (QED) is 0.793. The predicted octanol–water partition coefficient (Wildman–Crippen LogP) is 4.10. The maximum Gasteiger partial charge on any atom is 0.420 e. The normalized spacial score (nSPS) is 12.1. The number of amides is 2. The SMILES string of the molecule is CC(C)(C)OC(=O)N(C(=O)OC(C)(C)C)[C@H](CO)c1ccccc1.CC=O. The molecule has 0 aliphatic carbocycles. The Bertz CT molecular complexity index is 573. The topological polar surface area (TPSA) is 93.1 Å². The van der Waals surface area contributed by atoms with Gasteiger partial charge in [0.1, 0.15) is 17.5 Å². The van der Waals surface area contributed by atoms with Gasteiger partial charge in [0.2, 0.25) is 0 Å². The molecular formula is C20H31NO6. The van der Waals surface area contributed by atoms with Gasteiger partial charge in [0.25, 0.3) is 0 Å². The second kappa shape index (κ2) is 10.7. The Morgan fingerprint density at radius 1 is 1.00 bits per heavy atom. The molecule has 27 heavy (non-hydrogen) atoms. The molecule has 0 aliphatic heterocycles. The molecule has 0 saturated heterocycles. The van der Waals surface area contributed by atoms with Gasteiger partial charge >= 0.3 is 12.2 Å². The number of aldehydes is 1. The van der Waals surface area contributed by atoms with E-state index in [-0.39, 0.29) is 0 Å². The summed E-state index contributed by atoms with van der Waals surface area (Å²) in [5, 5.41) is 9.79. The van der Waals surface area contributed by atoms with Gasteiger partial charge < -0.3 is 19.4 Å². The summed E-state index contributed by atoms with van der Waals surface area (Å²) in [6, 6.07) is 7.89. The first kappa shape index (κ1) is 24.6. The zero-order chi connectivity index (χ0) is 21.3. The summed E-state index contributed by atoms with van der Waals surface area (Å²) in [4.78, 5) is 34.7. The highest BCUT2D eigenvalue weighted by molar-refractivity contribution is 5.88. The first-order valence-electron chi connectivity index (χ1n) is 8.67. The van der Waals surface area contributed by atoms with Crippen LogP contribution in [0, 0.1) is 0 Å². The second-order valence-corrected chi connectivity index (χ2v) is 7.68. The number of carbonyl (C=O) groups excluding carboxylic acids is 3. The fourth-order valence-electron chi connectivity index (χ4n) is 1.96. The number of hydrogen-bond acceptors (Lipinski definition) is 6. The van der Waals surface area contributed by atoms with Crippen molar-refractivity contribution < 1.29 is 29.0 Å². The van der Waals surface area contributed by atoms with E-state index in [0.717, 1.165) is 11.2 Å². The molecule has 1 N–H and O–H groups in total. The van der Waals surface area contributed by atoms with Crippen molar-refractivity contribution in [3.05, 3.63) is 35.9 Å². The number of aliphatic hydroxyl groups excluding tert-OH is 1. The Kier molecular flexibility index (Phi) is 9.72. The first-order chi connectivity index (χ1) is 12.4. The van der Waals surface area contributed by atoms with Gasteiger partial charge in [-0.15, -0.1) is 0 Å². The summed E-state index contributed by atoms with van der Waals surface area (Å²) in [6.07, 6.45) is -0.973. The summed E-state index contributed by atoms with van der Waals surface area (Å²) < 4.78 is 10.6. The molecule has 0 spiro atoms. The lowest BCUT2D eigenvalue weighted by atomic mass is 10.1. The van der Waals surface area contributed by atoms with Crippen LogP contribution in [-0.2, 0) is 14.3 Å². The molecule has 0 aromatic heterocycles. The van der Waals surface area contributed by atoms with Crippen molar-refractivity contribution in [2.75, 3.05) is 6.61 Å². The maximum absolute atomic E-state index is 12.6. The van der Waals surface area contributed by atoms with Gasteiger partial charge in [-0.2, -0.15) is 0 Å². The van der Waals surface area contributed by atoms with Gasteiger partial charge in [-0.05, 0) is 54.0 Å². The monoisotopic (exact) mass is 381 g/mol. The molecule has 7 heteroatoms. The summed E-state index contributed by atoms with van der Waals surface area (Å²) >= 11 is 0. The van der Waals surface area contributed by atoms with Crippen molar-refractivity contribution >= 4 is 18.5 Å². The third kappa shape index (κ3) is 9.75. The lowest BCUT2D eigenvalue weighted by molar-refractivity contribution is -0.106. The molecule has 152 valence electrons. The average molecular weight is 381 g/mol. The highest BCUT2D eigenvalue weighted by Crippen LogP contribution is 2.25. The fourth-order valence-corrected chi connectivity index (χ4v) is 1.96. The minimum Gasteiger partial charge on any atom is -0.443 e. The molecule has 1 aromatic rings. The minimum absolute atomic E-state index is 0.442. The number of hydrogen-bond donors (Lipinski definition) is 1. The van der Waals surface area contributed by atoms with E-state index in [1.807, 2.05) is 6.07 Å². The molecule has 0 radical (unpaired) electrons. The highest BCUT2D eigenvalue weighted by atomic mass is 16.6. The Morgan fingerprint density at radius 2 is 1.37 bits per heavy atom. The highest BCUT2D eigenvalue weighted by Gasteiger charge is 2.37. The van der Waals surface area contributed by atoms with Crippen LogP contribution in [0.15, 0.2) is 30.3 Å². The zero-order valence-corrected chi connectivity index (χ0v) is 17.2. The van der Waals surface area contributed by atoms with Gasteiger partial charge in [-0.3, -0.25) is 0 Å². The van der Waals surface area contributed by atoms with Crippen molar-refractivity contribution in [2.45, 2.75) is 65.7 Å². The van der Waals surface area contributed by atoms with Crippen molar-refractivity contribution in [2.24, 2.45) is 0 Å². The zero-order valence-electron chi connectivity index (χ0n) is 17.2. The van der Waals surface area contributed by atoms with Crippen LogP contribution < -0.4 is 0 Å². The van der Waals surface area contributed by atoms with Crippen LogP contribution in [0.1, 0.15) is 60.1 Å². The van der Waals surface area contributed by atoms with Gasteiger partial charge in [0.15, 0.2) is 0 Å². The van der Waals surface area contributed by atoms with E-state index in [4.69, 9.17) is 14.3 Å². The molecule has 1 atom stereocenters. The predicted molar refractivity (Wildman–Crippen MR) is 102 cm³/mol. The van der Waals surface area contributed by atoms with Crippen LogP contribution in [0.3, 0.4) is 0 Å².